The Morgan fingerprint density at radius 3 is 2.46 bits per heavy atom. The van der Waals surface area contributed by atoms with Gasteiger partial charge < -0.3 is 14.4 Å². The third-order valence-electron chi connectivity index (χ3n) is 5.09. The van der Waals surface area contributed by atoms with E-state index < -0.39 is 0 Å². The number of hydrogen-bond acceptors (Lipinski definition) is 3. The van der Waals surface area contributed by atoms with Gasteiger partial charge in [-0.15, -0.1) is 0 Å². The molecule has 0 aliphatic carbocycles. The van der Waals surface area contributed by atoms with Crippen molar-refractivity contribution >= 4 is 16.7 Å². The van der Waals surface area contributed by atoms with Crippen LogP contribution >= 0.6 is 0 Å². The Balaban J connectivity index is 1.35. The van der Waals surface area contributed by atoms with E-state index in [-0.39, 0.29) is 12.2 Å². The van der Waals surface area contributed by atoms with Gasteiger partial charge in [-0.3, -0.25) is 4.79 Å². The molecule has 126 valence electrons. The van der Waals surface area contributed by atoms with E-state index in [0.717, 1.165) is 31.5 Å². The van der Waals surface area contributed by atoms with Crippen LogP contribution < -0.4 is 0 Å². The highest BCUT2D eigenvalue weighted by Gasteiger charge is 2.31. The molecule has 0 spiro atoms. The maximum atomic E-state index is 12.6. The summed E-state index contributed by atoms with van der Waals surface area (Å²) in [5.74, 6) is 0.647. The van der Waals surface area contributed by atoms with Crippen molar-refractivity contribution in [3.8, 4) is 0 Å². The Labute approximate surface area is 142 Å². The zero-order valence-corrected chi connectivity index (χ0v) is 13.8. The van der Waals surface area contributed by atoms with Crippen LogP contribution in [0, 0.1) is 5.92 Å². The first-order valence-corrected chi connectivity index (χ1v) is 8.78. The molecule has 0 saturated carbocycles. The lowest BCUT2D eigenvalue weighted by molar-refractivity contribution is -0.136. The molecule has 2 saturated heterocycles. The summed E-state index contributed by atoms with van der Waals surface area (Å²) in [5.41, 5.74) is 1.09. The van der Waals surface area contributed by atoms with Crippen LogP contribution in [0.5, 0.6) is 0 Å². The van der Waals surface area contributed by atoms with Crippen LogP contribution in [0.4, 0.5) is 0 Å². The second-order valence-corrected chi connectivity index (χ2v) is 6.69. The largest absolute Gasteiger partial charge is 0.350 e. The van der Waals surface area contributed by atoms with Crippen LogP contribution in [0.15, 0.2) is 42.5 Å². The van der Waals surface area contributed by atoms with Gasteiger partial charge in [0, 0.05) is 19.0 Å². The number of nitrogens with zero attached hydrogens (tertiary/aromatic N) is 1. The summed E-state index contributed by atoms with van der Waals surface area (Å²) in [7, 11) is 0. The highest BCUT2D eigenvalue weighted by atomic mass is 16.7. The molecule has 0 bridgehead atoms. The fourth-order valence-electron chi connectivity index (χ4n) is 3.71. The number of benzene rings is 2. The Morgan fingerprint density at radius 2 is 1.71 bits per heavy atom. The summed E-state index contributed by atoms with van der Waals surface area (Å²) in [6, 6.07) is 14.5. The van der Waals surface area contributed by atoms with Crippen molar-refractivity contribution in [3.63, 3.8) is 0 Å². The van der Waals surface area contributed by atoms with E-state index in [1.165, 1.54) is 10.8 Å². The summed E-state index contributed by atoms with van der Waals surface area (Å²) in [5, 5.41) is 2.41. The minimum atomic E-state index is -0.0530. The molecule has 2 heterocycles. The summed E-state index contributed by atoms with van der Waals surface area (Å²) >= 11 is 0. The van der Waals surface area contributed by atoms with Gasteiger partial charge in [-0.05, 0) is 29.2 Å². The van der Waals surface area contributed by atoms with Crippen molar-refractivity contribution in [2.24, 2.45) is 5.92 Å². The molecule has 0 aromatic heterocycles. The van der Waals surface area contributed by atoms with E-state index in [1.54, 1.807) is 0 Å². The summed E-state index contributed by atoms with van der Waals surface area (Å²) in [4.78, 5) is 14.6. The standard InChI is InChI=1S/C20H23NO3/c22-19(14-15-5-6-16-3-1-2-4-18(16)13-15)21-9-7-17(8-10-21)20-23-11-12-24-20/h1-6,13,17,20H,7-12,14H2. The molecular formula is C20H23NO3. The number of carbonyl (C=O) groups is 1. The van der Waals surface area contributed by atoms with E-state index in [2.05, 4.69) is 30.3 Å². The zero-order valence-electron chi connectivity index (χ0n) is 13.8. The van der Waals surface area contributed by atoms with Crippen molar-refractivity contribution in [1.82, 2.24) is 4.90 Å². The molecule has 2 aromatic carbocycles. The quantitative estimate of drug-likeness (QED) is 0.871. The fourth-order valence-corrected chi connectivity index (χ4v) is 3.71. The average Bonchev–Trinajstić information content (AvgIpc) is 3.16. The van der Waals surface area contributed by atoms with Crippen molar-refractivity contribution in [3.05, 3.63) is 48.0 Å². The van der Waals surface area contributed by atoms with E-state index in [9.17, 15) is 4.79 Å². The van der Waals surface area contributed by atoms with E-state index in [1.807, 2.05) is 17.0 Å². The lowest BCUT2D eigenvalue weighted by atomic mass is 9.95. The van der Waals surface area contributed by atoms with Gasteiger partial charge in [0.1, 0.15) is 0 Å². The molecule has 24 heavy (non-hydrogen) atoms. The van der Waals surface area contributed by atoms with Crippen molar-refractivity contribution in [2.45, 2.75) is 25.6 Å². The number of carbonyl (C=O) groups excluding carboxylic acids is 1. The van der Waals surface area contributed by atoms with Crippen LogP contribution in [0.1, 0.15) is 18.4 Å². The predicted molar refractivity (Wildman–Crippen MR) is 92.6 cm³/mol. The molecule has 2 aliphatic rings. The minimum absolute atomic E-state index is 0.0530. The topological polar surface area (TPSA) is 38.8 Å². The van der Waals surface area contributed by atoms with Gasteiger partial charge in [-0.2, -0.15) is 0 Å². The van der Waals surface area contributed by atoms with Crippen molar-refractivity contribution in [2.75, 3.05) is 26.3 Å². The van der Waals surface area contributed by atoms with Gasteiger partial charge in [0.2, 0.25) is 5.91 Å². The Morgan fingerprint density at radius 1 is 1.00 bits per heavy atom. The summed E-state index contributed by atoms with van der Waals surface area (Å²) < 4.78 is 11.2. The molecule has 0 radical (unpaired) electrons. The SMILES string of the molecule is O=C(Cc1ccc2ccccc2c1)N1CCC(C2OCCO2)CC1. The van der Waals surface area contributed by atoms with Gasteiger partial charge in [0.25, 0.3) is 0 Å². The van der Waals surface area contributed by atoms with Gasteiger partial charge >= 0.3 is 0 Å². The van der Waals surface area contributed by atoms with E-state index >= 15 is 0 Å². The molecule has 4 rings (SSSR count). The molecule has 0 unspecified atom stereocenters. The van der Waals surface area contributed by atoms with Crippen molar-refractivity contribution < 1.29 is 14.3 Å². The number of ether oxygens (including phenoxy) is 2. The second kappa shape index (κ2) is 6.91. The number of amides is 1. The third kappa shape index (κ3) is 3.30. The Kier molecular flexibility index (Phi) is 4.50. The van der Waals surface area contributed by atoms with Gasteiger partial charge in [0.05, 0.1) is 19.6 Å². The average molecular weight is 325 g/mol. The number of fused-ring (bicyclic) bond motifs is 1. The van der Waals surface area contributed by atoms with E-state index in [4.69, 9.17) is 9.47 Å². The van der Waals surface area contributed by atoms with Crippen LogP contribution in [0.25, 0.3) is 10.8 Å². The lowest BCUT2D eigenvalue weighted by Gasteiger charge is -2.34. The molecule has 4 heteroatoms. The first-order chi connectivity index (χ1) is 11.8. The Bertz CT molecular complexity index is 716. The fraction of sp³-hybridized carbons (Fsp3) is 0.450. The normalized spacial score (nSPS) is 19.9. The highest BCUT2D eigenvalue weighted by Crippen LogP contribution is 2.26. The molecule has 2 aromatic rings. The number of hydrogen-bond donors (Lipinski definition) is 0. The maximum absolute atomic E-state index is 12.6. The van der Waals surface area contributed by atoms with Crippen LogP contribution in [0.2, 0.25) is 0 Å². The molecule has 4 nitrogen and oxygen atoms in total. The van der Waals surface area contributed by atoms with Crippen LogP contribution in [-0.4, -0.2) is 43.4 Å². The monoisotopic (exact) mass is 325 g/mol. The van der Waals surface area contributed by atoms with Gasteiger partial charge in [0.15, 0.2) is 6.29 Å². The first-order valence-electron chi connectivity index (χ1n) is 8.78. The van der Waals surface area contributed by atoms with Gasteiger partial charge in [-0.1, -0.05) is 42.5 Å². The molecule has 0 N–H and O–H groups in total. The maximum Gasteiger partial charge on any atom is 0.226 e. The number of likely N-dealkylation sites (tertiary alicyclic amines) is 1. The summed E-state index contributed by atoms with van der Waals surface area (Å²) in [6.07, 6.45) is 2.36. The van der Waals surface area contributed by atoms with Crippen LogP contribution in [-0.2, 0) is 20.7 Å². The molecule has 1 amide bonds. The minimum Gasteiger partial charge on any atom is -0.350 e. The summed E-state index contributed by atoms with van der Waals surface area (Å²) in [6.45, 7) is 3.01. The lowest BCUT2D eigenvalue weighted by Crippen LogP contribution is -2.42. The first kappa shape index (κ1) is 15.6. The van der Waals surface area contributed by atoms with E-state index in [0.29, 0.717) is 25.6 Å². The Hall–Kier alpha value is -1.91. The van der Waals surface area contributed by atoms with Crippen molar-refractivity contribution in [1.29, 1.82) is 0 Å². The van der Waals surface area contributed by atoms with Gasteiger partial charge in [-0.25, -0.2) is 0 Å². The number of piperidine rings is 1. The predicted octanol–water partition coefficient (Wildman–Crippen LogP) is 2.99. The molecule has 2 fully saturated rings. The molecule has 0 atom stereocenters. The molecule has 2 aliphatic heterocycles. The number of rotatable bonds is 3. The highest BCUT2D eigenvalue weighted by molar-refractivity contribution is 5.85. The second-order valence-electron chi connectivity index (χ2n) is 6.69. The molecular weight excluding hydrogens is 302 g/mol. The third-order valence-corrected chi connectivity index (χ3v) is 5.09. The van der Waals surface area contributed by atoms with Crippen LogP contribution in [0.3, 0.4) is 0 Å². The smallest absolute Gasteiger partial charge is 0.226 e. The zero-order chi connectivity index (χ0) is 16.4.